The molecule has 2 atom stereocenters. The van der Waals surface area contributed by atoms with Crippen molar-refractivity contribution >= 4 is 5.97 Å². The van der Waals surface area contributed by atoms with Gasteiger partial charge < -0.3 is 26.0 Å². The highest BCUT2D eigenvalue weighted by atomic mass is 35.5. The highest BCUT2D eigenvalue weighted by molar-refractivity contribution is 5.86. The molecule has 20 heavy (non-hydrogen) atoms. The predicted octanol–water partition coefficient (Wildman–Crippen LogP) is -0.400. The topological polar surface area (TPSA) is 39.4 Å². The van der Waals surface area contributed by atoms with Crippen LogP contribution in [0.15, 0.2) is 22.8 Å². The zero-order valence-electron chi connectivity index (χ0n) is 12.0. The van der Waals surface area contributed by atoms with Crippen molar-refractivity contribution < 1.29 is 30.8 Å². The van der Waals surface area contributed by atoms with Gasteiger partial charge in [-0.2, -0.15) is 0 Å². The quantitative estimate of drug-likeness (QED) is 0.551. The van der Waals surface area contributed by atoms with Gasteiger partial charge in [-0.15, -0.1) is 0 Å². The Morgan fingerprint density at radius 1 is 1.30 bits per heavy atom. The molecular formula is C15H22ClNO3. The summed E-state index contributed by atoms with van der Waals surface area (Å²) in [6.45, 7) is 0. The van der Waals surface area contributed by atoms with Crippen LogP contribution in [0.5, 0.6) is 0 Å². The number of rotatable bonds is 2. The zero-order valence-corrected chi connectivity index (χ0v) is 12.8. The van der Waals surface area contributed by atoms with Gasteiger partial charge in [0, 0.05) is 12.8 Å². The van der Waals surface area contributed by atoms with Crippen molar-refractivity contribution in [3.63, 3.8) is 0 Å². The van der Waals surface area contributed by atoms with Crippen LogP contribution in [0.4, 0.5) is 0 Å². The molecule has 1 aromatic heterocycles. The number of fused-ring (bicyclic) bond motifs is 2. The van der Waals surface area contributed by atoms with E-state index in [1.165, 1.54) is 25.5 Å². The number of nitrogens with zero attached hydrogens (tertiary/aromatic N) is 1. The number of piperidine rings is 2. The van der Waals surface area contributed by atoms with Gasteiger partial charge in [0.05, 0.1) is 32.4 Å². The Hall–Kier alpha value is -1.00. The van der Waals surface area contributed by atoms with Crippen molar-refractivity contribution in [1.82, 2.24) is 0 Å². The maximum atomic E-state index is 11.9. The Bertz CT molecular complexity index is 442. The smallest absolute Gasteiger partial charge is 0.374 e. The first-order chi connectivity index (χ1) is 9.07. The first-order valence-electron chi connectivity index (χ1n) is 7.15. The molecule has 3 heterocycles. The molecule has 2 aliphatic rings. The average Bonchev–Trinajstić information content (AvgIpc) is 2.83. The van der Waals surface area contributed by atoms with E-state index in [0.717, 1.165) is 17.3 Å². The predicted molar refractivity (Wildman–Crippen MR) is 70.7 cm³/mol. The minimum atomic E-state index is -0.319. The third-order valence-electron chi connectivity index (χ3n) is 5.02. The van der Waals surface area contributed by atoms with Gasteiger partial charge in [-0.1, -0.05) is 0 Å². The number of furan rings is 1. The third-order valence-corrected chi connectivity index (χ3v) is 5.02. The van der Waals surface area contributed by atoms with Crippen LogP contribution in [0, 0.1) is 0 Å². The fourth-order valence-corrected chi connectivity index (χ4v) is 3.74. The highest BCUT2D eigenvalue weighted by Crippen LogP contribution is 2.38. The maximum Gasteiger partial charge on any atom is 0.374 e. The Labute approximate surface area is 126 Å². The van der Waals surface area contributed by atoms with Gasteiger partial charge in [-0.25, -0.2) is 4.79 Å². The van der Waals surface area contributed by atoms with Gasteiger partial charge in [0.1, 0.15) is 6.10 Å². The molecule has 2 fully saturated rings. The lowest BCUT2D eigenvalue weighted by Gasteiger charge is -2.52. The van der Waals surface area contributed by atoms with Crippen LogP contribution in [0.3, 0.4) is 0 Å². The Balaban J connectivity index is 0.00000147. The Morgan fingerprint density at radius 3 is 2.50 bits per heavy atom. The zero-order chi connectivity index (χ0) is 13.5. The molecule has 0 aromatic carbocycles. The number of ether oxygens (including phenoxy) is 1. The summed E-state index contributed by atoms with van der Waals surface area (Å²) in [7, 11) is 4.64. The van der Waals surface area contributed by atoms with Crippen LogP contribution < -0.4 is 12.4 Å². The largest absolute Gasteiger partial charge is 1.00 e. The summed E-state index contributed by atoms with van der Waals surface area (Å²) in [6.07, 6.45) is 7.34. The van der Waals surface area contributed by atoms with Crippen molar-refractivity contribution in [3.8, 4) is 0 Å². The van der Waals surface area contributed by atoms with E-state index in [1.807, 2.05) is 0 Å². The normalized spacial score (nSPS) is 31.2. The molecular weight excluding hydrogens is 278 g/mol. The molecule has 2 aliphatic heterocycles. The number of carbonyl (C=O) groups excluding carboxylic acids is 1. The monoisotopic (exact) mass is 299 g/mol. The molecule has 2 unspecified atom stereocenters. The second kappa shape index (κ2) is 5.78. The van der Waals surface area contributed by atoms with Crippen molar-refractivity contribution in [2.75, 3.05) is 14.1 Å². The fraction of sp³-hybridized carbons (Fsp3) is 0.667. The SMILES string of the molecule is C[N+]1(C)C2CCCC1CC(OC(=O)c1ccco1)C2.[Cl-]. The van der Waals surface area contributed by atoms with Crippen molar-refractivity contribution in [2.45, 2.75) is 50.3 Å². The van der Waals surface area contributed by atoms with E-state index in [0.29, 0.717) is 17.8 Å². The molecule has 5 heteroatoms. The summed E-state index contributed by atoms with van der Waals surface area (Å²) in [5.74, 6) is -0.00948. The van der Waals surface area contributed by atoms with Crippen LogP contribution in [0.25, 0.3) is 0 Å². The molecule has 0 aliphatic carbocycles. The van der Waals surface area contributed by atoms with E-state index in [9.17, 15) is 4.79 Å². The Kier molecular flexibility index (Phi) is 4.45. The van der Waals surface area contributed by atoms with Gasteiger partial charge in [-0.3, -0.25) is 0 Å². The number of esters is 1. The second-order valence-corrected chi connectivity index (χ2v) is 6.34. The van der Waals surface area contributed by atoms with Crippen LogP contribution in [0.2, 0.25) is 0 Å². The molecule has 0 amide bonds. The number of carbonyl (C=O) groups is 1. The van der Waals surface area contributed by atoms with Gasteiger partial charge >= 0.3 is 5.97 Å². The van der Waals surface area contributed by atoms with Gasteiger partial charge in [0.15, 0.2) is 0 Å². The number of hydrogen-bond donors (Lipinski definition) is 0. The summed E-state index contributed by atoms with van der Waals surface area (Å²) in [6, 6.07) is 4.63. The molecule has 1 aromatic rings. The van der Waals surface area contributed by atoms with E-state index in [-0.39, 0.29) is 24.5 Å². The number of halogens is 1. The Morgan fingerprint density at radius 2 is 1.95 bits per heavy atom. The minimum Gasteiger partial charge on any atom is -1.00 e. The van der Waals surface area contributed by atoms with Crippen LogP contribution in [0.1, 0.15) is 42.7 Å². The van der Waals surface area contributed by atoms with Crippen LogP contribution in [-0.2, 0) is 4.74 Å². The summed E-state index contributed by atoms with van der Waals surface area (Å²) in [5, 5.41) is 0. The first-order valence-corrected chi connectivity index (χ1v) is 7.15. The van der Waals surface area contributed by atoms with Crippen molar-refractivity contribution in [1.29, 1.82) is 0 Å². The average molecular weight is 300 g/mol. The van der Waals surface area contributed by atoms with E-state index in [2.05, 4.69) is 14.1 Å². The molecule has 3 rings (SSSR count). The molecule has 112 valence electrons. The lowest BCUT2D eigenvalue weighted by Crippen LogP contribution is -3.00. The molecule has 0 spiro atoms. The molecule has 2 bridgehead atoms. The third kappa shape index (κ3) is 2.72. The molecule has 2 saturated heterocycles. The van der Waals surface area contributed by atoms with Crippen molar-refractivity contribution in [2.24, 2.45) is 0 Å². The van der Waals surface area contributed by atoms with E-state index in [1.54, 1.807) is 12.1 Å². The summed E-state index contributed by atoms with van der Waals surface area (Å²) in [4.78, 5) is 11.9. The van der Waals surface area contributed by atoms with Gasteiger partial charge in [0.25, 0.3) is 0 Å². The fourth-order valence-electron chi connectivity index (χ4n) is 3.74. The van der Waals surface area contributed by atoms with E-state index >= 15 is 0 Å². The van der Waals surface area contributed by atoms with Gasteiger partial charge in [0.2, 0.25) is 5.76 Å². The molecule has 0 radical (unpaired) electrons. The standard InChI is InChI=1S/C15H22NO3.ClH/c1-16(2)11-5-3-6-12(16)10-13(9-11)19-15(17)14-7-4-8-18-14;/h4,7-8,11-13H,3,5-6,9-10H2,1-2H3;1H/q+1;/p-1. The highest BCUT2D eigenvalue weighted by Gasteiger charge is 2.47. The first kappa shape index (κ1) is 15.4. The molecule has 0 saturated carbocycles. The molecule has 0 N–H and O–H groups in total. The minimum absolute atomic E-state index is 0. The van der Waals surface area contributed by atoms with Gasteiger partial charge in [-0.05, 0) is 31.4 Å². The lowest BCUT2D eigenvalue weighted by atomic mass is 9.81. The summed E-state index contributed by atoms with van der Waals surface area (Å²) < 4.78 is 11.8. The maximum absolute atomic E-state index is 11.9. The van der Waals surface area contributed by atoms with E-state index < -0.39 is 0 Å². The lowest BCUT2D eigenvalue weighted by molar-refractivity contribution is -0.950. The van der Waals surface area contributed by atoms with E-state index in [4.69, 9.17) is 9.15 Å². The number of quaternary nitrogens is 1. The van der Waals surface area contributed by atoms with Crippen LogP contribution >= 0.6 is 0 Å². The summed E-state index contributed by atoms with van der Waals surface area (Å²) >= 11 is 0. The number of hydrogen-bond acceptors (Lipinski definition) is 3. The van der Waals surface area contributed by atoms with Crippen LogP contribution in [-0.4, -0.2) is 42.7 Å². The second-order valence-electron chi connectivity index (χ2n) is 6.34. The summed E-state index contributed by atoms with van der Waals surface area (Å²) in [5.41, 5.74) is 0. The van der Waals surface area contributed by atoms with Crippen molar-refractivity contribution in [3.05, 3.63) is 24.2 Å². The molecule has 4 nitrogen and oxygen atoms in total.